The molecule has 0 aliphatic carbocycles. The number of nitrogens with zero attached hydrogens (tertiary/aromatic N) is 1. The number of nitrogens with one attached hydrogen (secondary N) is 2. The maximum atomic E-state index is 12.2. The van der Waals surface area contributed by atoms with E-state index in [0.717, 1.165) is 15.4 Å². The van der Waals surface area contributed by atoms with Crippen molar-refractivity contribution in [2.45, 2.75) is 17.9 Å². The smallest absolute Gasteiger partial charge is 0.240 e. The molecule has 0 aliphatic heterocycles. The van der Waals surface area contributed by atoms with E-state index in [1.807, 2.05) is 41.1 Å². The molecular weight excluding hydrogens is 430 g/mol. The van der Waals surface area contributed by atoms with Crippen LogP contribution in [0.15, 0.2) is 70.2 Å². The number of rotatable bonds is 8. The first-order valence-corrected chi connectivity index (χ1v) is 10.8. The Balaban J connectivity index is 1.42. The minimum atomic E-state index is -3.57. The van der Waals surface area contributed by atoms with Gasteiger partial charge in [-0.25, -0.2) is 13.1 Å². The van der Waals surface area contributed by atoms with Gasteiger partial charge in [-0.2, -0.15) is 0 Å². The molecule has 0 radical (unpaired) electrons. The van der Waals surface area contributed by atoms with Crippen LogP contribution in [-0.4, -0.2) is 32.0 Å². The zero-order valence-electron chi connectivity index (χ0n) is 14.6. The maximum Gasteiger partial charge on any atom is 0.240 e. The molecule has 0 aliphatic rings. The number of hydrogen-bond donors (Lipinski definition) is 2. The van der Waals surface area contributed by atoms with Crippen LogP contribution in [0.2, 0.25) is 0 Å². The lowest BCUT2D eigenvalue weighted by Gasteiger charge is -2.09. The van der Waals surface area contributed by atoms with Crippen molar-refractivity contribution in [1.82, 2.24) is 14.6 Å². The molecule has 8 heteroatoms. The van der Waals surface area contributed by atoms with Crippen LogP contribution in [0, 0.1) is 0 Å². The average Bonchev–Trinajstić information content (AvgIpc) is 3.07. The van der Waals surface area contributed by atoms with Gasteiger partial charge in [-0.15, -0.1) is 0 Å². The third kappa shape index (κ3) is 5.18. The van der Waals surface area contributed by atoms with E-state index < -0.39 is 10.0 Å². The van der Waals surface area contributed by atoms with Crippen molar-refractivity contribution in [3.63, 3.8) is 0 Å². The van der Waals surface area contributed by atoms with E-state index in [4.69, 9.17) is 0 Å². The maximum absolute atomic E-state index is 12.2. The lowest BCUT2D eigenvalue weighted by Crippen LogP contribution is -2.35. The number of para-hydroxylation sites is 1. The lowest BCUT2D eigenvalue weighted by molar-refractivity contribution is -0.121. The van der Waals surface area contributed by atoms with Crippen LogP contribution in [-0.2, 0) is 21.4 Å². The van der Waals surface area contributed by atoms with Crippen molar-refractivity contribution in [3.8, 4) is 0 Å². The molecule has 6 nitrogen and oxygen atoms in total. The highest BCUT2D eigenvalue weighted by Gasteiger charge is 2.13. The van der Waals surface area contributed by atoms with Gasteiger partial charge in [0.05, 0.1) is 4.90 Å². The number of fused-ring (bicyclic) bond motifs is 1. The molecule has 1 amide bonds. The molecule has 142 valence electrons. The van der Waals surface area contributed by atoms with Crippen LogP contribution in [0.5, 0.6) is 0 Å². The van der Waals surface area contributed by atoms with Crippen LogP contribution >= 0.6 is 15.9 Å². The number of amides is 1. The first kappa shape index (κ1) is 19.6. The molecule has 0 atom stereocenters. The van der Waals surface area contributed by atoms with Crippen LogP contribution in [0.4, 0.5) is 0 Å². The van der Waals surface area contributed by atoms with Crippen LogP contribution in [0.3, 0.4) is 0 Å². The Kier molecular flexibility index (Phi) is 6.30. The van der Waals surface area contributed by atoms with Crippen molar-refractivity contribution in [2.75, 3.05) is 13.1 Å². The van der Waals surface area contributed by atoms with Crippen molar-refractivity contribution in [1.29, 1.82) is 0 Å². The van der Waals surface area contributed by atoms with E-state index >= 15 is 0 Å². The summed E-state index contributed by atoms with van der Waals surface area (Å²) in [6, 6.07) is 16.4. The zero-order chi connectivity index (χ0) is 19.3. The molecule has 27 heavy (non-hydrogen) atoms. The molecule has 0 unspecified atom stereocenters. The Morgan fingerprint density at radius 1 is 1.00 bits per heavy atom. The predicted molar refractivity (Wildman–Crippen MR) is 109 cm³/mol. The van der Waals surface area contributed by atoms with E-state index in [1.165, 1.54) is 12.1 Å². The summed E-state index contributed by atoms with van der Waals surface area (Å²) in [5, 5.41) is 3.88. The Labute approximate surface area is 166 Å². The molecule has 0 saturated heterocycles. The van der Waals surface area contributed by atoms with Gasteiger partial charge in [-0.1, -0.05) is 34.1 Å². The van der Waals surface area contributed by atoms with Crippen LogP contribution in [0.1, 0.15) is 6.42 Å². The number of aromatic nitrogens is 1. The second kappa shape index (κ2) is 8.69. The van der Waals surface area contributed by atoms with E-state index in [-0.39, 0.29) is 23.9 Å². The average molecular weight is 450 g/mol. The van der Waals surface area contributed by atoms with Gasteiger partial charge in [0.25, 0.3) is 0 Å². The van der Waals surface area contributed by atoms with Gasteiger partial charge < -0.3 is 9.88 Å². The van der Waals surface area contributed by atoms with E-state index in [1.54, 1.807) is 12.1 Å². The number of halogens is 1. The van der Waals surface area contributed by atoms with Crippen molar-refractivity contribution in [3.05, 3.63) is 65.3 Å². The Morgan fingerprint density at radius 2 is 1.74 bits per heavy atom. The second-order valence-electron chi connectivity index (χ2n) is 6.02. The fourth-order valence-electron chi connectivity index (χ4n) is 2.73. The summed E-state index contributed by atoms with van der Waals surface area (Å²) >= 11 is 3.27. The Bertz CT molecular complexity index is 1030. The summed E-state index contributed by atoms with van der Waals surface area (Å²) in [7, 11) is -3.57. The molecule has 2 aromatic carbocycles. The summed E-state index contributed by atoms with van der Waals surface area (Å²) in [5.41, 5.74) is 1.09. The SMILES string of the molecule is O=C(CCn1ccc2ccccc21)NCCNS(=O)(=O)c1ccc(Br)cc1. The summed E-state index contributed by atoms with van der Waals surface area (Å²) in [6.07, 6.45) is 2.29. The van der Waals surface area contributed by atoms with E-state index in [9.17, 15) is 13.2 Å². The van der Waals surface area contributed by atoms with E-state index in [0.29, 0.717) is 13.0 Å². The van der Waals surface area contributed by atoms with Gasteiger partial charge in [0.15, 0.2) is 0 Å². The lowest BCUT2D eigenvalue weighted by atomic mass is 10.2. The molecule has 0 fully saturated rings. The number of benzene rings is 2. The molecule has 2 N–H and O–H groups in total. The highest BCUT2D eigenvalue weighted by Crippen LogP contribution is 2.15. The van der Waals surface area contributed by atoms with E-state index in [2.05, 4.69) is 26.0 Å². The molecule has 0 spiro atoms. The third-order valence-electron chi connectivity index (χ3n) is 4.12. The molecule has 1 heterocycles. The quantitative estimate of drug-likeness (QED) is 0.518. The third-order valence-corrected chi connectivity index (χ3v) is 6.13. The minimum Gasteiger partial charge on any atom is -0.355 e. The van der Waals surface area contributed by atoms with Crippen LogP contribution in [0.25, 0.3) is 10.9 Å². The fraction of sp³-hybridized carbons (Fsp3) is 0.211. The number of aryl methyl sites for hydroxylation is 1. The first-order valence-electron chi connectivity index (χ1n) is 8.51. The van der Waals surface area contributed by atoms with Gasteiger partial charge in [0, 0.05) is 42.2 Å². The fourth-order valence-corrected chi connectivity index (χ4v) is 4.03. The minimum absolute atomic E-state index is 0.115. The molecule has 3 rings (SSSR count). The number of carbonyl (C=O) groups excluding carboxylic acids is 1. The molecule has 1 aromatic heterocycles. The Hall–Kier alpha value is -2.16. The summed E-state index contributed by atoms with van der Waals surface area (Å²) in [5.74, 6) is -0.115. The molecule has 0 saturated carbocycles. The number of hydrogen-bond acceptors (Lipinski definition) is 3. The molecule has 3 aromatic rings. The van der Waals surface area contributed by atoms with Crippen molar-refractivity contribution < 1.29 is 13.2 Å². The first-order chi connectivity index (χ1) is 13.0. The summed E-state index contributed by atoms with van der Waals surface area (Å²) < 4.78 is 29.6. The zero-order valence-corrected chi connectivity index (χ0v) is 17.0. The summed E-state index contributed by atoms with van der Waals surface area (Å²) in [4.78, 5) is 12.2. The van der Waals surface area contributed by atoms with Crippen molar-refractivity contribution in [2.24, 2.45) is 0 Å². The summed E-state index contributed by atoms with van der Waals surface area (Å²) in [6.45, 7) is 0.946. The monoisotopic (exact) mass is 449 g/mol. The predicted octanol–water partition coefficient (Wildman–Crippen LogP) is 2.89. The largest absolute Gasteiger partial charge is 0.355 e. The van der Waals surface area contributed by atoms with Gasteiger partial charge in [-0.05, 0) is 41.8 Å². The van der Waals surface area contributed by atoms with Gasteiger partial charge in [0.2, 0.25) is 15.9 Å². The van der Waals surface area contributed by atoms with Gasteiger partial charge in [-0.3, -0.25) is 4.79 Å². The second-order valence-corrected chi connectivity index (χ2v) is 8.70. The highest BCUT2D eigenvalue weighted by atomic mass is 79.9. The van der Waals surface area contributed by atoms with Gasteiger partial charge in [0.1, 0.15) is 0 Å². The normalized spacial score (nSPS) is 11.6. The number of carbonyl (C=O) groups is 1. The van der Waals surface area contributed by atoms with Crippen LogP contribution < -0.4 is 10.0 Å². The highest BCUT2D eigenvalue weighted by molar-refractivity contribution is 9.10. The Morgan fingerprint density at radius 3 is 2.52 bits per heavy atom. The molecule has 0 bridgehead atoms. The van der Waals surface area contributed by atoms with Gasteiger partial charge >= 0.3 is 0 Å². The van der Waals surface area contributed by atoms with Crippen molar-refractivity contribution >= 4 is 42.8 Å². The standard InChI is InChI=1S/C19H20BrN3O3S/c20-16-5-7-17(8-6-16)27(25,26)22-12-11-21-19(24)10-14-23-13-9-15-3-1-2-4-18(15)23/h1-9,13,22H,10-12,14H2,(H,21,24). The molecular formula is C19H20BrN3O3S. The topological polar surface area (TPSA) is 80.2 Å². The number of sulfonamides is 1.